The van der Waals surface area contributed by atoms with E-state index in [9.17, 15) is 0 Å². The Labute approximate surface area is 368 Å². The second-order valence-electron chi connectivity index (χ2n) is 13.9. The van der Waals surface area contributed by atoms with Crippen LogP contribution in [0.3, 0.4) is 0 Å². The number of ether oxygens (including phenoxy) is 2. The monoisotopic (exact) mass is 837 g/mol. The predicted molar refractivity (Wildman–Crippen MR) is 257 cm³/mol. The van der Waals surface area contributed by atoms with Crippen LogP contribution >= 0.6 is 11.3 Å². The molecule has 10 heteroatoms. The average molecular weight is 838 g/mol. The molecule has 62 heavy (non-hydrogen) atoms. The second kappa shape index (κ2) is 21.9. The lowest BCUT2D eigenvalue weighted by atomic mass is 10.2. The van der Waals surface area contributed by atoms with Crippen LogP contribution in [0.25, 0.3) is 44.6 Å². The Balaban J connectivity index is 0.000000181. The fraction of sp³-hybridized carbons (Fsp3) is 0.173. The highest BCUT2D eigenvalue weighted by Gasteiger charge is 2.18. The Morgan fingerprint density at radius 3 is 1.66 bits per heavy atom. The van der Waals surface area contributed by atoms with E-state index in [-0.39, 0.29) is 0 Å². The first-order valence-electron chi connectivity index (χ1n) is 21.0. The highest BCUT2D eigenvalue weighted by Crippen LogP contribution is 2.33. The lowest BCUT2D eigenvalue weighted by molar-refractivity contribution is 0.326. The van der Waals surface area contributed by atoms with Crippen molar-refractivity contribution >= 4 is 50.5 Å². The van der Waals surface area contributed by atoms with Crippen molar-refractivity contribution in [1.29, 1.82) is 0 Å². The molecule has 0 atom stereocenters. The number of hydrogen-bond donors (Lipinski definition) is 0. The van der Waals surface area contributed by atoms with Crippen LogP contribution in [-0.4, -0.2) is 58.3 Å². The zero-order valence-corrected chi connectivity index (χ0v) is 36.5. The molecule has 9 rings (SSSR count). The molecular formula is C52H51N7O2S. The minimum atomic E-state index is 0.513. The summed E-state index contributed by atoms with van der Waals surface area (Å²) in [6, 6.07) is 52.3. The van der Waals surface area contributed by atoms with Gasteiger partial charge in [0.25, 0.3) is 0 Å². The van der Waals surface area contributed by atoms with E-state index in [2.05, 4.69) is 64.5 Å². The lowest BCUT2D eigenvalue weighted by Crippen LogP contribution is -2.25. The lowest BCUT2D eigenvalue weighted by Gasteiger charge is -2.25. The first-order valence-corrected chi connectivity index (χ1v) is 21.9. The highest BCUT2D eigenvalue weighted by molar-refractivity contribution is 7.10. The maximum Gasteiger partial charge on any atom is 0.163 e. The first kappa shape index (κ1) is 42.9. The number of pyridine rings is 1. The Hall–Kier alpha value is -7.17. The topological polar surface area (TPSA) is 89.4 Å². The van der Waals surface area contributed by atoms with Crippen molar-refractivity contribution in [2.75, 3.05) is 43.2 Å². The van der Waals surface area contributed by atoms with Crippen LogP contribution in [-0.2, 0) is 6.42 Å². The minimum absolute atomic E-state index is 0.513. The van der Waals surface area contributed by atoms with Gasteiger partial charge >= 0.3 is 0 Å². The summed E-state index contributed by atoms with van der Waals surface area (Å²) < 4.78 is 11.9. The standard InChI is InChI=1S/C27H22N4O.C23H23N3OS.C2H6/c1-3-11-22(12-4-1)31(18-19-32-23-13-5-2-6-14-23)27-24-15-7-8-16-25(24)29-26(30-27)21-10-9-17-28-20-21;1-3-19-15-17(16-28-19)22-24-21-12-8-7-11-20(21)23(25-22)26(2)13-14-27-18-9-5-4-6-10-18;1-2/h1-17,20H,18-19H2;4-12,15-16H,3,13-14H2,1-2H3;1-2H3. The molecule has 312 valence electrons. The Bertz CT molecular complexity index is 2740. The van der Waals surface area contributed by atoms with Gasteiger partial charge in [0.2, 0.25) is 0 Å². The van der Waals surface area contributed by atoms with Crippen LogP contribution < -0.4 is 19.3 Å². The summed E-state index contributed by atoms with van der Waals surface area (Å²) in [5.41, 5.74) is 4.87. The Kier molecular flexibility index (Phi) is 15.2. The second-order valence-corrected chi connectivity index (χ2v) is 14.9. The number of thiophene rings is 1. The summed E-state index contributed by atoms with van der Waals surface area (Å²) in [6.07, 6.45) is 4.57. The summed E-state index contributed by atoms with van der Waals surface area (Å²) in [6.45, 7) is 8.64. The number of para-hydroxylation sites is 5. The molecule has 9 aromatic rings. The van der Waals surface area contributed by atoms with Gasteiger partial charge in [-0.2, -0.15) is 0 Å². The molecule has 0 amide bonds. The van der Waals surface area contributed by atoms with Gasteiger partial charge in [0.15, 0.2) is 11.6 Å². The summed E-state index contributed by atoms with van der Waals surface area (Å²) in [7, 11) is 2.05. The summed E-state index contributed by atoms with van der Waals surface area (Å²) >= 11 is 1.76. The third-order valence-electron chi connectivity index (χ3n) is 9.80. The van der Waals surface area contributed by atoms with Gasteiger partial charge < -0.3 is 19.3 Å². The van der Waals surface area contributed by atoms with Gasteiger partial charge in [0.05, 0.1) is 24.1 Å². The van der Waals surface area contributed by atoms with E-state index in [4.69, 9.17) is 29.4 Å². The number of aromatic nitrogens is 5. The number of rotatable bonds is 14. The number of nitrogens with zero attached hydrogens (tertiary/aromatic N) is 7. The molecule has 9 nitrogen and oxygen atoms in total. The predicted octanol–water partition coefficient (Wildman–Crippen LogP) is 12.4. The highest BCUT2D eigenvalue weighted by atomic mass is 32.1. The average Bonchev–Trinajstić information content (AvgIpc) is 3.84. The summed E-state index contributed by atoms with van der Waals surface area (Å²) in [5, 5.41) is 4.19. The minimum Gasteiger partial charge on any atom is -0.492 e. The van der Waals surface area contributed by atoms with Crippen LogP contribution in [0.15, 0.2) is 175 Å². The molecule has 0 fully saturated rings. The van der Waals surface area contributed by atoms with E-state index in [1.807, 2.05) is 141 Å². The van der Waals surface area contributed by atoms with Gasteiger partial charge in [-0.3, -0.25) is 4.98 Å². The van der Waals surface area contributed by atoms with Crippen molar-refractivity contribution in [2.45, 2.75) is 27.2 Å². The van der Waals surface area contributed by atoms with Crippen molar-refractivity contribution in [3.63, 3.8) is 0 Å². The van der Waals surface area contributed by atoms with Crippen molar-refractivity contribution in [3.05, 3.63) is 180 Å². The van der Waals surface area contributed by atoms with E-state index in [1.165, 1.54) is 4.88 Å². The van der Waals surface area contributed by atoms with E-state index in [1.54, 1.807) is 23.7 Å². The third-order valence-corrected chi connectivity index (χ3v) is 10.9. The van der Waals surface area contributed by atoms with Crippen LogP contribution in [0.4, 0.5) is 17.3 Å². The van der Waals surface area contributed by atoms with Crippen LogP contribution in [0.1, 0.15) is 25.6 Å². The quantitative estimate of drug-likeness (QED) is 0.106. The number of anilines is 3. The van der Waals surface area contributed by atoms with Crippen molar-refractivity contribution in [3.8, 4) is 34.3 Å². The molecule has 0 aliphatic rings. The fourth-order valence-corrected chi connectivity index (χ4v) is 7.53. The van der Waals surface area contributed by atoms with E-state index in [0.29, 0.717) is 25.6 Å². The Morgan fingerprint density at radius 2 is 1.08 bits per heavy atom. The number of hydrogen-bond acceptors (Lipinski definition) is 10. The molecule has 0 radical (unpaired) electrons. The third kappa shape index (κ3) is 11.0. The molecule has 0 saturated heterocycles. The van der Waals surface area contributed by atoms with Gasteiger partial charge in [-0.15, -0.1) is 11.3 Å². The van der Waals surface area contributed by atoms with Gasteiger partial charge in [-0.25, -0.2) is 19.9 Å². The van der Waals surface area contributed by atoms with Gasteiger partial charge in [-0.05, 0) is 85.3 Å². The molecule has 0 aliphatic heterocycles. The molecule has 4 heterocycles. The molecule has 0 saturated carbocycles. The molecule has 0 N–H and O–H groups in total. The van der Waals surface area contributed by atoms with Crippen LogP contribution in [0, 0.1) is 0 Å². The van der Waals surface area contributed by atoms with Crippen molar-refractivity contribution < 1.29 is 9.47 Å². The molecule has 0 aliphatic carbocycles. The molecular weight excluding hydrogens is 787 g/mol. The zero-order valence-electron chi connectivity index (χ0n) is 35.6. The summed E-state index contributed by atoms with van der Waals surface area (Å²) in [5.74, 6) is 4.94. The van der Waals surface area contributed by atoms with Gasteiger partial charge in [0, 0.05) is 57.3 Å². The van der Waals surface area contributed by atoms with E-state index >= 15 is 0 Å². The number of likely N-dealkylation sites (N-methyl/N-ethyl adjacent to an activating group) is 1. The number of aryl methyl sites for hydroxylation is 1. The molecule has 0 unspecified atom stereocenters. The normalized spacial score (nSPS) is 10.6. The van der Waals surface area contributed by atoms with E-state index < -0.39 is 0 Å². The van der Waals surface area contributed by atoms with Crippen molar-refractivity contribution in [2.24, 2.45) is 0 Å². The summed E-state index contributed by atoms with van der Waals surface area (Å²) in [4.78, 5) is 29.4. The number of fused-ring (bicyclic) bond motifs is 2. The molecule has 0 spiro atoms. The van der Waals surface area contributed by atoms with Gasteiger partial charge in [0.1, 0.15) is 36.3 Å². The van der Waals surface area contributed by atoms with Crippen LogP contribution in [0.5, 0.6) is 11.5 Å². The van der Waals surface area contributed by atoms with Gasteiger partial charge in [-0.1, -0.05) is 99.6 Å². The van der Waals surface area contributed by atoms with Crippen molar-refractivity contribution in [1.82, 2.24) is 24.9 Å². The Morgan fingerprint density at radius 1 is 0.548 bits per heavy atom. The van der Waals surface area contributed by atoms with Crippen LogP contribution in [0.2, 0.25) is 0 Å². The fourth-order valence-electron chi connectivity index (χ4n) is 6.71. The molecule has 5 aromatic carbocycles. The molecule has 4 aromatic heterocycles. The zero-order chi connectivity index (χ0) is 42.9. The largest absolute Gasteiger partial charge is 0.492 e. The van der Waals surface area contributed by atoms with E-state index in [0.717, 1.165) is 80.5 Å². The first-order chi connectivity index (χ1) is 30.6. The molecule has 0 bridgehead atoms. The maximum absolute atomic E-state index is 6.01. The SMILES string of the molecule is CC.CCc1cc(-c2nc(N(C)CCOc3ccccc3)c3ccccc3n2)cs1.c1ccc(OCCN(c2ccccc2)c2nc(-c3cccnc3)nc3ccccc23)cc1. The smallest absolute Gasteiger partial charge is 0.163 e. The number of benzene rings is 5. The maximum atomic E-state index is 6.01.